The molecule has 0 atom stereocenters. The van der Waals surface area contributed by atoms with Gasteiger partial charge in [-0.05, 0) is 18.4 Å². The molecule has 1 aromatic rings. The summed E-state index contributed by atoms with van der Waals surface area (Å²) in [5.74, 6) is 0. The minimum atomic E-state index is -0.331. The Kier molecular flexibility index (Phi) is 7.16. The van der Waals surface area contributed by atoms with Crippen molar-refractivity contribution >= 4 is 0 Å². The van der Waals surface area contributed by atoms with E-state index in [-0.39, 0.29) is 11.0 Å². The fourth-order valence-electron chi connectivity index (χ4n) is 2.13. The highest BCUT2D eigenvalue weighted by atomic mass is 16.6. The van der Waals surface area contributed by atoms with Gasteiger partial charge in [0, 0.05) is 17.4 Å². The van der Waals surface area contributed by atoms with Gasteiger partial charge in [0.2, 0.25) is 0 Å². The minimum Gasteiger partial charge on any atom is -0.263 e. The number of nitrogens with zero attached hydrogens (tertiary/aromatic N) is 1. The zero-order chi connectivity index (χ0) is 14.1. The van der Waals surface area contributed by atoms with E-state index in [9.17, 15) is 10.1 Å². The molecule has 0 aliphatic carbocycles. The average molecular weight is 262 g/mol. The van der Waals surface area contributed by atoms with Crippen LogP contribution in [0.3, 0.4) is 0 Å². The van der Waals surface area contributed by atoms with Gasteiger partial charge in [-0.2, -0.15) is 0 Å². The van der Waals surface area contributed by atoms with E-state index < -0.39 is 0 Å². The van der Waals surface area contributed by atoms with Crippen molar-refractivity contribution in [3.8, 4) is 0 Å². The SMILES string of the molecule is CCCCCCCCc1ccc([C](C)[N+](=O)[O-])cc1. The molecule has 0 fully saturated rings. The molecule has 0 saturated carbocycles. The maximum atomic E-state index is 10.7. The molecule has 0 N–H and O–H groups in total. The lowest BCUT2D eigenvalue weighted by Crippen LogP contribution is -2.06. The monoisotopic (exact) mass is 262 g/mol. The summed E-state index contributed by atoms with van der Waals surface area (Å²) >= 11 is 0. The fraction of sp³-hybridized carbons (Fsp3) is 0.562. The predicted octanol–water partition coefficient (Wildman–Crippen LogP) is 4.77. The molecule has 0 bridgehead atoms. The quantitative estimate of drug-likeness (QED) is 0.365. The molecule has 0 aromatic heterocycles. The molecule has 3 nitrogen and oxygen atoms in total. The lowest BCUT2D eigenvalue weighted by molar-refractivity contribution is -0.456. The van der Waals surface area contributed by atoms with Gasteiger partial charge in [0.25, 0.3) is 0 Å². The van der Waals surface area contributed by atoms with Crippen LogP contribution in [0, 0.1) is 16.2 Å². The molecule has 0 saturated heterocycles. The maximum absolute atomic E-state index is 10.7. The van der Waals surface area contributed by atoms with E-state index in [4.69, 9.17) is 0 Å². The number of unbranched alkanes of at least 4 members (excludes halogenated alkanes) is 5. The van der Waals surface area contributed by atoms with Crippen LogP contribution in [-0.4, -0.2) is 4.92 Å². The van der Waals surface area contributed by atoms with Crippen molar-refractivity contribution in [3.63, 3.8) is 0 Å². The predicted molar refractivity (Wildman–Crippen MR) is 78.5 cm³/mol. The number of rotatable bonds is 9. The highest BCUT2D eigenvalue weighted by Gasteiger charge is 2.18. The lowest BCUT2D eigenvalue weighted by Gasteiger charge is -2.05. The van der Waals surface area contributed by atoms with Crippen LogP contribution in [0.4, 0.5) is 0 Å². The largest absolute Gasteiger partial charge is 0.316 e. The molecule has 3 heteroatoms. The zero-order valence-corrected chi connectivity index (χ0v) is 12.0. The molecule has 1 aromatic carbocycles. The number of hydrogen-bond donors (Lipinski definition) is 0. The van der Waals surface area contributed by atoms with Gasteiger partial charge in [-0.1, -0.05) is 63.3 Å². The standard InChI is InChI=1S/C16H24NO2/c1-3-4-5-6-7-8-9-15-10-12-16(13-11-15)14(2)17(18)19/h10-13H,3-9H2,1-2H3. The molecular weight excluding hydrogens is 238 g/mol. The van der Waals surface area contributed by atoms with E-state index >= 15 is 0 Å². The van der Waals surface area contributed by atoms with Gasteiger partial charge in [0.1, 0.15) is 0 Å². The Balaban J connectivity index is 2.30. The van der Waals surface area contributed by atoms with Crippen molar-refractivity contribution < 1.29 is 4.92 Å². The fourth-order valence-corrected chi connectivity index (χ4v) is 2.13. The van der Waals surface area contributed by atoms with Crippen molar-refractivity contribution in [1.29, 1.82) is 0 Å². The number of nitro groups is 1. The van der Waals surface area contributed by atoms with Crippen LogP contribution in [0.15, 0.2) is 24.3 Å². The first-order valence-corrected chi connectivity index (χ1v) is 7.22. The van der Waals surface area contributed by atoms with Crippen LogP contribution in [0.5, 0.6) is 0 Å². The Labute approximate surface area is 116 Å². The highest BCUT2D eigenvalue weighted by Crippen LogP contribution is 2.16. The molecule has 0 heterocycles. The summed E-state index contributed by atoms with van der Waals surface area (Å²) in [7, 11) is 0. The Bertz CT molecular complexity index is 373. The number of benzene rings is 1. The summed E-state index contributed by atoms with van der Waals surface area (Å²) in [5.41, 5.74) is 1.98. The van der Waals surface area contributed by atoms with Crippen molar-refractivity contribution in [2.75, 3.05) is 0 Å². The summed E-state index contributed by atoms with van der Waals surface area (Å²) < 4.78 is 0. The van der Waals surface area contributed by atoms with Gasteiger partial charge in [-0.25, -0.2) is 0 Å². The van der Waals surface area contributed by atoms with Crippen molar-refractivity contribution in [2.24, 2.45) is 0 Å². The van der Waals surface area contributed by atoms with Gasteiger partial charge < -0.3 is 0 Å². The average Bonchev–Trinajstić information content (AvgIpc) is 2.42. The summed E-state index contributed by atoms with van der Waals surface area (Å²) in [6, 6.07) is 7.93. The van der Waals surface area contributed by atoms with E-state index in [0.717, 1.165) is 6.42 Å². The first kappa shape index (κ1) is 15.7. The third-order valence-corrected chi connectivity index (χ3v) is 3.46. The van der Waals surface area contributed by atoms with E-state index in [1.807, 2.05) is 24.3 Å². The molecule has 0 unspecified atom stereocenters. The van der Waals surface area contributed by atoms with Gasteiger partial charge in [0.15, 0.2) is 0 Å². The van der Waals surface area contributed by atoms with Gasteiger partial charge >= 0.3 is 6.04 Å². The summed E-state index contributed by atoms with van der Waals surface area (Å²) in [4.78, 5) is 10.3. The van der Waals surface area contributed by atoms with E-state index in [1.165, 1.54) is 44.1 Å². The maximum Gasteiger partial charge on any atom is 0.316 e. The van der Waals surface area contributed by atoms with Crippen LogP contribution in [0.25, 0.3) is 0 Å². The van der Waals surface area contributed by atoms with E-state index in [2.05, 4.69) is 6.92 Å². The first-order chi connectivity index (χ1) is 9.15. The zero-order valence-electron chi connectivity index (χ0n) is 12.0. The second-order valence-corrected chi connectivity index (χ2v) is 5.06. The summed E-state index contributed by atoms with van der Waals surface area (Å²) in [6.07, 6.45) is 8.84. The Morgan fingerprint density at radius 1 is 1.05 bits per heavy atom. The molecule has 0 amide bonds. The van der Waals surface area contributed by atoms with Crippen LogP contribution >= 0.6 is 0 Å². The van der Waals surface area contributed by atoms with Crippen LogP contribution < -0.4 is 0 Å². The van der Waals surface area contributed by atoms with E-state index in [0.29, 0.717) is 5.56 Å². The van der Waals surface area contributed by atoms with Crippen LogP contribution in [-0.2, 0) is 6.42 Å². The molecule has 0 spiro atoms. The number of hydrogen-bond acceptors (Lipinski definition) is 2. The summed E-state index contributed by atoms with van der Waals surface area (Å²) in [6.45, 7) is 3.77. The normalized spacial score (nSPS) is 10.9. The Morgan fingerprint density at radius 2 is 1.63 bits per heavy atom. The third-order valence-electron chi connectivity index (χ3n) is 3.46. The smallest absolute Gasteiger partial charge is 0.263 e. The van der Waals surface area contributed by atoms with E-state index in [1.54, 1.807) is 6.92 Å². The second-order valence-electron chi connectivity index (χ2n) is 5.06. The molecule has 1 rings (SSSR count). The van der Waals surface area contributed by atoms with Gasteiger partial charge in [-0.15, -0.1) is 0 Å². The first-order valence-electron chi connectivity index (χ1n) is 7.22. The van der Waals surface area contributed by atoms with Crippen molar-refractivity contribution in [2.45, 2.75) is 58.8 Å². The minimum absolute atomic E-state index is 0.214. The molecular formula is C16H24NO2. The second kappa shape index (κ2) is 8.68. The lowest BCUT2D eigenvalue weighted by atomic mass is 10.0. The Morgan fingerprint density at radius 3 is 2.21 bits per heavy atom. The van der Waals surface area contributed by atoms with Crippen LogP contribution in [0.1, 0.15) is 63.5 Å². The third kappa shape index (κ3) is 5.86. The van der Waals surface area contributed by atoms with Crippen molar-refractivity contribution in [1.82, 2.24) is 0 Å². The van der Waals surface area contributed by atoms with Gasteiger partial charge in [-0.3, -0.25) is 10.1 Å². The molecule has 19 heavy (non-hydrogen) atoms. The molecule has 105 valence electrons. The molecule has 0 aliphatic rings. The van der Waals surface area contributed by atoms with Crippen molar-refractivity contribution in [3.05, 3.63) is 51.5 Å². The molecule has 0 aliphatic heterocycles. The summed E-state index contributed by atoms with van der Waals surface area (Å²) in [5, 5.41) is 10.7. The molecule has 1 radical (unpaired) electrons. The van der Waals surface area contributed by atoms with Crippen LogP contribution in [0.2, 0.25) is 0 Å². The van der Waals surface area contributed by atoms with Gasteiger partial charge in [0.05, 0.1) is 0 Å². The number of aryl methyl sites for hydroxylation is 1. The Hall–Kier alpha value is -1.38. The topological polar surface area (TPSA) is 43.1 Å². The highest BCUT2D eigenvalue weighted by molar-refractivity contribution is 5.29.